The molecule has 0 aromatic heterocycles. The van der Waals surface area contributed by atoms with Gasteiger partial charge in [-0.05, 0) is 55.3 Å². The van der Waals surface area contributed by atoms with E-state index < -0.39 is 11.5 Å². The first-order valence-electron chi connectivity index (χ1n) is 6.94. The molecule has 2 atom stereocenters. The van der Waals surface area contributed by atoms with Crippen molar-refractivity contribution in [2.45, 2.75) is 51.7 Å². The largest absolute Gasteiger partial charge is 0.480 e. The summed E-state index contributed by atoms with van der Waals surface area (Å²) in [7, 11) is 6.13. The Labute approximate surface area is 118 Å². The van der Waals surface area contributed by atoms with Crippen LogP contribution in [0.15, 0.2) is 0 Å². The van der Waals surface area contributed by atoms with E-state index in [1.54, 1.807) is 6.92 Å². The lowest BCUT2D eigenvalue weighted by Gasteiger charge is -2.35. The quantitative estimate of drug-likeness (QED) is 0.659. The second-order valence-electron chi connectivity index (χ2n) is 6.27. The Bertz CT molecular complexity index is 282. The highest BCUT2D eigenvalue weighted by Gasteiger charge is 2.35. The zero-order chi connectivity index (χ0) is 15.2. The number of carboxylic acid groups (broad SMARTS) is 1. The van der Waals surface area contributed by atoms with Crippen LogP contribution in [0.2, 0.25) is 0 Å². The Balaban J connectivity index is 4.54. The van der Waals surface area contributed by atoms with Crippen molar-refractivity contribution in [1.82, 2.24) is 15.1 Å². The minimum atomic E-state index is -0.875. The predicted molar refractivity (Wildman–Crippen MR) is 79.6 cm³/mol. The van der Waals surface area contributed by atoms with Crippen LogP contribution in [-0.4, -0.2) is 72.7 Å². The third kappa shape index (κ3) is 6.89. The summed E-state index contributed by atoms with van der Waals surface area (Å²) in [6.07, 6.45) is 0.588. The minimum Gasteiger partial charge on any atom is -0.480 e. The number of carbonyl (C=O) groups is 1. The molecule has 2 N–H and O–H groups in total. The molecule has 0 saturated carbocycles. The maximum absolute atomic E-state index is 11.5. The molecule has 0 amide bonds. The smallest absolute Gasteiger partial charge is 0.323 e. The monoisotopic (exact) mass is 273 g/mol. The molecule has 0 bridgehead atoms. The van der Waals surface area contributed by atoms with E-state index in [1.165, 1.54) is 0 Å². The summed E-state index contributed by atoms with van der Waals surface area (Å²) in [5.41, 5.74) is -0.875. The lowest BCUT2D eigenvalue weighted by molar-refractivity contribution is -0.145. The number of nitrogens with zero attached hydrogens (tertiary/aromatic N) is 2. The van der Waals surface area contributed by atoms with Crippen molar-refractivity contribution in [3.63, 3.8) is 0 Å². The minimum absolute atomic E-state index is 0.153. The Morgan fingerprint density at radius 3 is 2.11 bits per heavy atom. The highest BCUT2D eigenvalue weighted by molar-refractivity contribution is 5.78. The van der Waals surface area contributed by atoms with Gasteiger partial charge in [-0.25, -0.2) is 0 Å². The molecular weight excluding hydrogens is 242 g/mol. The van der Waals surface area contributed by atoms with Gasteiger partial charge in [0.25, 0.3) is 0 Å². The van der Waals surface area contributed by atoms with Crippen molar-refractivity contribution in [3.05, 3.63) is 0 Å². The number of hydrogen-bond donors (Lipinski definition) is 2. The van der Waals surface area contributed by atoms with Gasteiger partial charge in [-0.3, -0.25) is 10.1 Å². The molecule has 0 aromatic rings. The summed E-state index contributed by atoms with van der Waals surface area (Å²) >= 11 is 0. The van der Waals surface area contributed by atoms with E-state index >= 15 is 0 Å². The molecule has 0 radical (unpaired) electrons. The average molecular weight is 273 g/mol. The average Bonchev–Trinajstić information content (AvgIpc) is 2.24. The number of likely N-dealkylation sites (N-methyl/N-ethyl adjacent to an activating group) is 2. The van der Waals surface area contributed by atoms with Crippen LogP contribution < -0.4 is 5.32 Å². The van der Waals surface area contributed by atoms with Crippen LogP contribution >= 0.6 is 0 Å². The zero-order valence-corrected chi connectivity index (χ0v) is 13.5. The Hall–Kier alpha value is -0.650. The molecule has 19 heavy (non-hydrogen) atoms. The van der Waals surface area contributed by atoms with Gasteiger partial charge in [0, 0.05) is 25.2 Å². The molecule has 0 aliphatic rings. The van der Waals surface area contributed by atoms with Gasteiger partial charge >= 0.3 is 5.97 Å². The molecule has 5 heteroatoms. The van der Waals surface area contributed by atoms with Gasteiger partial charge in [0.2, 0.25) is 0 Å². The normalized spacial score (nSPS) is 16.9. The number of rotatable bonds is 9. The van der Waals surface area contributed by atoms with Crippen LogP contribution in [0.5, 0.6) is 0 Å². The fourth-order valence-corrected chi connectivity index (χ4v) is 2.17. The second kappa shape index (κ2) is 7.82. The molecular formula is C14H31N3O2. The Morgan fingerprint density at radius 2 is 1.74 bits per heavy atom. The van der Waals surface area contributed by atoms with E-state index in [-0.39, 0.29) is 12.1 Å². The molecule has 0 aromatic carbocycles. The molecule has 0 rings (SSSR count). The first kappa shape index (κ1) is 18.4. The third-order valence-electron chi connectivity index (χ3n) is 3.44. The van der Waals surface area contributed by atoms with Crippen molar-refractivity contribution in [2.75, 3.05) is 34.2 Å². The molecule has 2 unspecified atom stereocenters. The van der Waals surface area contributed by atoms with Crippen LogP contribution in [-0.2, 0) is 4.79 Å². The number of hydrogen-bond acceptors (Lipinski definition) is 4. The summed E-state index contributed by atoms with van der Waals surface area (Å²) < 4.78 is 0. The van der Waals surface area contributed by atoms with E-state index in [1.807, 2.05) is 35.0 Å². The standard InChI is InChI=1S/C14H31N3O2/c1-11(2)15-14(4,13(18)19)10-12(3)17(7)9-8-16(5)6/h11-12,15H,8-10H2,1-7H3,(H,18,19). The van der Waals surface area contributed by atoms with E-state index in [0.717, 1.165) is 13.1 Å². The molecule has 0 fully saturated rings. The van der Waals surface area contributed by atoms with Gasteiger partial charge in [-0.2, -0.15) is 0 Å². The molecule has 0 aliphatic heterocycles. The van der Waals surface area contributed by atoms with Gasteiger partial charge in [0.05, 0.1) is 0 Å². The van der Waals surface area contributed by atoms with Crippen molar-refractivity contribution in [1.29, 1.82) is 0 Å². The summed E-state index contributed by atoms with van der Waals surface area (Å²) in [4.78, 5) is 15.8. The highest BCUT2D eigenvalue weighted by Crippen LogP contribution is 2.17. The van der Waals surface area contributed by atoms with E-state index in [2.05, 4.69) is 22.0 Å². The van der Waals surface area contributed by atoms with Crippen LogP contribution in [0.4, 0.5) is 0 Å². The van der Waals surface area contributed by atoms with Gasteiger partial charge < -0.3 is 14.9 Å². The van der Waals surface area contributed by atoms with Gasteiger partial charge in [-0.15, -0.1) is 0 Å². The summed E-state index contributed by atoms with van der Waals surface area (Å²) in [6.45, 7) is 9.71. The lowest BCUT2D eigenvalue weighted by atomic mass is 9.92. The first-order valence-corrected chi connectivity index (χ1v) is 6.94. The number of carboxylic acids is 1. The van der Waals surface area contributed by atoms with E-state index in [9.17, 15) is 9.90 Å². The van der Waals surface area contributed by atoms with Crippen molar-refractivity contribution in [3.8, 4) is 0 Å². The van der Waals surface area contributed by atoms with Crippen LogP contribution in [0.25, 0.3) is 0 Å². The molecule has 0 saturated heterocycles. The zero-order valence-electron chi connectivity index (χ0n) is 13.5. The molecule has 0 spiro atoms. The molecule has 5 nitrogen and oxygen atoms in total. The van der Waals surface area contributed by atoms with Gasteiger partial charge in [0.1, 0.15) is 5.54 Å². The van der Waals surface area contributed by atoms with Crippen molar-refractivity contribution in [2.24, 2.45) is 0 Å². The first-order chi connectivity index (χ1) is 8.58. The highest BCUT2D eigenvalue weighted by atomic mass is 16.4. The van der Waals surface area contributed by atoms with Gasteiger partial charge in [-0.1, -0.05) is 0 Å². The van der Waals surface area contributed by atoms with E-state index in [4.69, 9.17) is 0 Å². The Morgan fingerprint density at radius 1 is 1.21 bits per heavy atom. The summed E-state index contributed by atoms with van der Waals surface area (Å²) in [5, 5.41) is 12.6. The third-order valence-corrected chi connectivity index (χ3v) is 3.44. The fourth-order valence-electron chi connectivity index (χ4n) is 2.17. The summed E-state index contributed by atoms with van der Waals surface area (Å²) in [5.74, 6) is -0.783. The summed E-state index contributed by atoms with van der Waals surface area (Å²) in [6, 6.07) is 0.368. The van der Waals surface area contributed by atoms with Crippen molar-refractivity contribution < 1.29 is 9.90 Å². The Kier molecular flexibility index (Phi) is 7.55. The predicted octanol–water partition coefficient (Wildman–Crippen LogP) is 1.10. The molecule has 0 heterocycles. The van der Waals surface area contributed by atoms with Crippen molar-refractivity contribution >= 4 is 5.97 Å². The van der Waals surface area contributed by atoms with Crippen LogP contribution in [0.3, 0.4) is 0 Å². The van der Waals surface area contributed by atoms with E-state index in [0.29, 0.717) is 6.42 Å². The molecule has 114 valence electrons. The maximum Gasteiger partial charge on any atom is 0.323 e. The molecule has 0 aliphatic carbocycles. The lowest BCUT2D eigenvalue weighted by Crippen LogP contribution is -2.55. The maximum atomic E-state index is 11.5. The number of aliphatic carboxylic acids is 1. The van der Waals surface area contributed by atoms with Gasteiger partial charge in [0.15, 0.2) is 0 Å². The van der Waals surface area contributed by atoms with Crippen LogP contribution in [0, 0.1) is 0 Å². The topological polar surface area (TPSA) is 55.8 Å². The second-order valence-corrected chi connectivity index (χ2v) is 6.27. The SMILES string of the molecule is CC(C)NC(C)(CC(C)N(C)CCN(C)C)C(=O)O. The number of nitrogens with one attached hydrogen (secondary N) is 1. The fraction of sp³-hybridized carbons (Fsp3) is 0.929. The van der Waals surface area contributed by atoms with Crippen LogP contribution in [0.1, 0.15) is 34.1 Å².